The third kappa shape index (κ3) is 3.96. The maximum Gasteiger partial charge on any atom is 0.417 e. The number of hydrogen-bond donors (Lipinski definition) is 2. The van der Waals surface area contributed by atoms with Gasteiger partial charge in [0.1, 0.15) is 0 Å². The minimum atomic E-state index is -0.539. The first kappa shape index (κ1) is 18.4. The highest BCUT2D eigenvalue weighted by atomic mass is 32.2. The number of carbonyl (C=O) groups is 2. The third-order valence-electron chi connectivity index (χ3n) is 4.62. The lowest BCUT2D eigenvalue weighted by Crippen LogP contribution is -2.29. The van der Waals surface area contributed by atoms with Crippen molar-refractivity contribution in [3.63, 3.8) is 0 Å². The summed E-state index contributed by atoms with van der Waals surface area (Å²) in [6, 6.07) is 12.1. The zero-order chi connectivity index (χ0) is 19.5. The van der Waals surface area contributed by atoms with Crippen LogP contribution in [0, 0.1) is 0 Å². The van der Waals surface area contributed by atoms with Gasteiger partial charge in [-0.25, -0.2) is 4.79 Å². The molecule has 2 aromatic carbocycles. The summed E-state index contributed by atoms with van der Waals surface area (Å²) in [7, 11) is 0. The van der Waals surface area contributed by atoms with Gasteiger partial charge in [0.05, 0.1) is 16.8 Å². The Morgan fingerprint density at radius 3 is 2.75 bits per heavy atom. The SMILES string of the molecule is O=C(Nc1ccc2oc(=O)[nH]c2c1)c1ccccc1SCC(=O)N1CCCC1. The number of carbonyl (C=O) groups excluding carboxylic acids is 2. The van der Waals surface area contributed by atoms with Gasteiger partial charge in [-0.2, -0.15) is 0 Å². The molecule has 1 fully saturated rings. The minimum Gasteiger partial charge on any atom is -0.408 e. The zero-order valence-electron chi connectivity index (χ0n) is 15.1. The molecule has 8 heteroatoms. The highest BCUT2D eigenvalue weighted by Gasteiger charge is 2.19. The van der Waals surface area contributed by atoms with Crippen LogP contribution >= 0.6 is 11.8 Å². The number of hydrogen-bond acceptors (Lipinski definition) is 5. The number of aromatic nitrogens is 1. The summed E-state index contributed by atoms with van der Waals surface area (Å²) in [6.45, 7) is 1.64. The number of benzene rings is 2. The second-order valence-corrected chi connectivity index (χ2v) is 7.57. The third-order valence-corrected chi connectivity index (χ3v) is 5.68. The van der Waals surface area contributed by atoms with Gasteiger partial charge in [-0.3, -0.25) is 14.6 Å². The number of H-pyrrole nitrogens is 1. The zero-order valence-corrected chi connectivity index (χ0v) is 15.9. The number of oxazole rings is 1. The number of anilines is 1. The van der Waals surface area contributed by atoms with Crippen LogP contribution in [0.15, 0.2) is 56.6 Å². The van der Waals surface area contributed by atoms with Gasteiger partial charge in [0.25, 0.3) is 5.91 Å². The van der Waals surface area contributed by atoms with Crippen LogP contribution in [0.1, 0.15) is 23.2 Å². The van der Waals surface area contributed by atoms with E-state index in [-0.39, 0.29) is 11.8 Å². The van der Waals surface area contributed by atoms with E-state index in [0.29, 0.717) is 28.1 Å². The molecule has 0 bridgehead atoms. The first-order valence-corrected chi connectivity index (χ1v) is 10.0. The van der Waals surface area contributed by atoms with Crippen LogP contribution in [0.25, 0.3) is 11.1 Å². The first-order valence-electron chi connectivity index (χ1n) is 9.04. The largest absolute Gasteiger partial charge is 0.417 e. The van der Waals surface area contributed by atoms with Crippen molar-refractivity contribution < 1.29 is 14.0 Å². The van der Waals surface area contributed by atoms with Crippen molar-refractivity contribution in [1.29, 1.82) is 0 Å². The fraction of sp³-hybridized carbons (Fsp3) is 0.250. The van der Waals surface area contributed by atoms with Crippen LogP contribution in [0.3, 0.4) is 0 Å². The highest BCUT2D eigenvalue weighted by molar-refractivity contribution is 8.00. The predicted octanol–water partition coefficient (Wildman–Crippen LogP) is 3.09. The minimum absolute atomic E-state index is 0.104. The molecule has 0 radical (unpaired) electrons. The summed E-state index contributed by atoms with van der Waals surface area (Å²) in [5, 5.41) is 2.83. The molecule has 1 saturated heterocycles. The molecule has 4 rings (SSSR count). The Morgan fingerprint density at radius 1 is 1.14 bits per heavy atom. The maximum atomic E-state index is 12.8. The average Bonchev–Trinajstić information content (AvgIpc) is 3.35. The molecule has 0 aliphatic carbocycles. The molecule has 1 aliphatic rings. The van der Waals surface area contributed by atoms with E-state index < -0.39 is 5.76 Å². The van der Waals surface area contributed by atoms with Crippen molar-refractivity contribution in [2.45, 2.75) is 17.7 Å². The van der Waals surface area contributed by atoms with Gasteiger partial charge in [-0.1, -0.05) is 12.1 Å². The maximum absolute atomic E-state index is 12.8. The van der Waals surface area contributed by atoms with Gasteiger partial charge in [-0.05, 0) is 43.2 Å². The van der Waals surface area contributed by atoms with Crippen molar-refractivity contribution in [2.24, 2.45) is 0 Å². The number of amides is 2. The molecule has 2 amide bonds. The molecule has 0 spiro atoms. The first-order chi connectivity index (χ1) is 13.6. The second-order valence-electron chi connectivity index (χ2n) is 6.55. The molecule has 1 aliphatic heterocycles. The molecule has 0 unspecified atom stereocenters. The van der Waals surface area contributed by atoms with E-state index in [1.165, 1.54) is 11.8 Å². The highest BCUT2D eigenvalue weighted by Crippen LogP contribution is 2.25. The Hall–Kier alpha value is -3.00. The van der Waals surface area contributed by atoms with E-state index in [4.69, 9.17) is 4.42 Å². The molecule has 7 nitrogen and oxygen atoms in total. The van der Waals surface area contributed by atoms with Crippen molar-refractivity contribution in [3.8, 4) is 0 Å². The molecule has 2 heterocycles. The number of nitrogens with zero attached hydrogens (tertiary/aromatic N) is 1. The number of fused-ring (bicyclic) bond motifs is 1. The van der Waals surface area contributed by atoms with Crippen LogP contribution in [-0.2, 0) is 4.79 Å². The van der Waals surface area contributed by atoms with Gasteiger partial charge in [0.15, 0.2) is 5.58 Å². The quantitative estimate of drug-likeness (QED) is 0.645. The number of rotatable bonds is 5. The fourth-order valence-electron chi connectivity index (χ4n) is 3.21. The number of likely N-dealkylation sites (tertiary alicyclic amines) is 1. The fourth-order valence-corrected chi connectivity index (χ4v) is 4.16. The van der Waals surface area contributed by atoms with Crippen LogP contribution in [0.5, 0.6) is 0 Å². The van der Waals surface area contributed by atoms with Gasteiger partial charge >= 0.3 is 5.76 Å². The Kier molecular flexibility index (Phi) is 5.21. The summed E-state index contributed by atoms with van der Waals surface area (Å²) < 4.78 is 4.97. The van der Waals surface area contributed by atoms with Crippen molar-refractivity contribution in [1.82, 2.24) is 9.88 Å². The van der Waals surface area contributed by atoms with Crippen molar-refractivity contribution in [2.75, 3.05) is 24.2 Å². The van der Waals surface area contributed by atoms with Crippen LogP contribution in [0.4, 0.5) is 5.69 Å². The van der Waals surface area contributed by atoms with E-state index in [1.54, 1.807) is 30.3 Å². The van der Waals surface area contributed by atoms with E-state index in [1.807, 2.05) is 17.0 Å². The predicted molar refractivity (Wildman–Crippen MR) is 108 cm³/mol. The molecular weight excluding hydrogens is 378 g/mol. The Balaban J connectivity index is 1.47. The Labute approximate surface area is 165 Å². The van der Waals surface area contributed by atoms with E-state index >= 15 is 0 Å². The van der Waals surface area contributed by atoms with E-state index in [2.05, 4.69) is 10.3 Å². The molecule has 3 aromatic rings. The standard InChI is InChI=1S/C20H19N3O4S/c24-18(23-9-3-4-10-23)12-28-17-6-2-1-5-14(17)19(25)21-13-7-8-16-15(11-13)22-20(26)27-16/h1-2,5-8,11H,3-4,9-10,12H2,(H,21,25)(H,22,26). The summed E-state index contributed by atoms with van der Waals surface area (Å²) in [4.78, 5) is 41.5. The Morgan fingerprint density at radius 2 is 1.93 bits per heavy atom. The summed E-state index contributed by atoms with van der Waals surface area (Å²) in [6.07, 6.45) is 2.11. The topological polar surface area (TPSA) is 95.4 Å². The van der Waals surface area contributed by atoms with Gasteiger partial charge in [0, 0.05) is 23.7 Å². The lowest BCUT2D eigenvalue weighted by Gasteiger charge is -2.15. The number of aromatic amines is 1. The number of nitrogens with one attached hydrogen (secondary N) is 2. The lowest BCUT2D eigenvalue weighted by atomic mass is 10.2. The van der Waals surface area contributed by atoms with E-state index in [9.17, 15) is 14.4 Å². The summed E-state index contributed by atoms with van der Waals surface area (Å²) in [5.74, 6) is -0.399. The van der Waals surface area contributed by atoms with Crippen LogP contribution < -0.4 is 11.1 Å². The van der Waals surface area contributed by atoms with Crippen molar-refractivity contribution >= 4 is 40.4 Å². The summed E-state index contributed by atoms with van der Waals surface area (Å²) in [5.41, 5.74) is 1.99. The van der Waals surface area contributed by atoms with Gasteiger partial charge in [0.2, 0.25) is 5.91 Å². The van der Waals surface area contributed by atoms with Crippen molar-refractivity contribution in [3.05, 3.63) is 58.6 Å². The van der Waals surface area contributed by atoms with Gasteiger partial charge < -0.3 is 14.6 Å². The molecular formula is C20H19N3O4S. The normalized spacial score (nSPS) is 13.8. The summed E-state index contributed by atoms with van der Waals surface area (Å²) >= 11 is 1.37. The molecule has 0 atom stereocenters. The molecule has 1 aromatic heterocycles. The van der Waals surface area contributed by atoms with Crippen LogP contribution in [-0.4, -0.2) is 40.5 Å². The van der Waals surface area contributed by atoms with Gasteiger partial charge in [-0.15, -0.1) is 11.8 Å². The monoisotopic (exact) mass is 397 g/mol. The molecule has 28 heavy (non-hydrogen) atoms. The second kappa shape index (κ2) is 7.93. The van der Waals surface area contributed by atoms with E-state index in [0.717, 1.165) is 30.8 Å². The lowest BCUT2D eigenvalue weighted by molar-refractivity contribution is -0.127. The Bertz CT molecular complexity index is 1080. The molecule has 2 N–H and O–H groups in total. The van der Waals surface area contributed by atoms with Crippen LogP contribution in [0.2, 0.25) is 0 Å². The smallest absolute Gasteiger partial charge is 0.408 e. The molecule has 0 saturated carbocycles. The molecule has 144 valence electrons. The number of thioether (sulfide) groups is 1. The average molecular weight is 397 g/mol.